The van der Waals surface area contributed by atoms with Crippen LogP contribution in [0.2, 0.25) is 0 Å². The van der Waals surface area contributed by atoms with Gasteiger partial charge in [-0.1, -0.05) is 11.8 Å². The number of aromatic nitrogens is 2. The van der Waals surface area contributed by atoms with Gasteiger partial charge in [-0.15, -0.1) is 0 Å². The molecular formula is C16H25N5OS. The fourth-order valence-corrected chi connectivity index (χ4v) is 4.14. The molecule has 0 atom stereocenters. The van der Waals surface area contributed by atoms with Gasteiger partial charge in [-0.3, -0.25) is 14.5 Å². The molecular weight excluding hydrogens is 310 g/mol. The van der Waals surface area contributed by atoms with Crippen LogP contribution in [0.3, 0.4) is 0 Å². The number of nitrogens with zero attached hydrogens (tertiary/aromatic N) is 5. The first-order valence-electron chi connectivity index (χ1n) is 8.06. The van der Waals surface area contributed by atoms with Crippen LogP contribution in [-0.2, 0) is 7.05 Å². The summed E-state index contributed by atoms with van der Waals surface area (Å²) >= 11 is 1.85. The highest BCUT2D eigenvalue weighted by Crippen LogP contribution is 2.33. The number of rotatable bonds is 1. The Bertz CT molecular complexity index is 656. The van der Waals surface area contributed by atoms with E-state index in [2.05, 4.69) is 28.8 Å². The van der Waals surface area contributed by atoms with Gasteiger partial charge in [0, 0.05) is 43.7 Å². The minimum absolute atomic E-state index is 0.106. The summed E-state index contributed by atoms with van der Waals surface area (Å²) < 4.78 is 1.98. The Labute approximate surface area is 141 Å². The van der Waals surface area contributed by atoms with Crippen LogP contribution in [0.25, 0.3) is 0 Å². The van der Waals surface area contributed by atoms with E-state index in [9.17, 15) is 4.79 Å². The van der Waals surface area contributed by atoms with E-state index in [0.717, 1.165) is 54.8 Å². The van der Waals surface area contributed by atoms with E-state index in [4.69, 9.17) is 0 Å². The van der Waals surface area contributed by atoms with Crippen molar-refractivity contribution in [3.63, 3.8) is 0 Å². The molecule has 0 aliphatic carbocycles. The van der Waals surface area contributed by atoms with Gasteiger partial charge < -0.3 is 9.80 Å². The van der Waals surface area contributed by atoms with Gasteiger partial charge in [0.25, 0.3) is 5.91 Å². The van der Waals surface area contributed by atoms with Gasteiger partial charge in [0.05, 0.1) is 17.8 Å². The minimum Gasteiger partial charge on any atom is -0.348 e. The minimum atomic E-state index is 0.106. The van der Waals surface area contributed by atoms with E-state index in [1.54, 1.807) is 4.68 Å². The Morgan fingerprint density at radius 2 is 1.83 bits per heavy atom. The molecule has 0 N–H and O–H groups in total. The summed E-state index contributed by atoms with van der Waals surface area (Å²) in [5.41, 5.74) is 2.51. The molecule has 1 amide bonds. The molecule has 2 aliphatic rings. The molecule has 23 heavy (non-hydrogen) atoms. The Kier molecular flexibility index (Phi) is 4.16. The third-order valence-electron chi connectivity index (χ3n) is 4.52. The zero-order valence-corrected chi connectivity index (χ0v) is 15.4. The number of amides is 1. The van der Waals surface area contributed by atoms with E-state index in [0.29, 0.717) is 0 Å². The van der Waals surface area contributed by atoms with E-state index in [-0.39, 0.29) is 10.7 Å². The van der Waals surface area contributed by atoms with Crippen LogP contribution in [0.4, 0.5) is 0 Å². The molecule has 1 fully saturated rings. The lowest BCUT2D eigenvalue weighted by molar-refractivity contribution is 0.0692. The smallest absolute Gasteiger partial charge is 0.257 e. The van der Waals surface area contributed by atoms with Crippen LogP contribution < -0.4 is 0 Å². The van der Waals surface area contributed by atoms with Crippen LogP contribution in [0, 0.1) is 13.8 Å². The highest BCUT2D eigenvalue weighted by molar-refractivity contribution is 8.15. The van der Waals surface area contributed by atoms with Gasteiger partial charge in [0.2, 0.25) is 0 Å². The largest absolute Gasteiger partial charge is 0.348 e. The lowest BCUT2D eigenvalue weighted by Crippen LogP contribution is -2.50. The Morgan fingerprint density at radius 3 is 2.30 bits per heavy atom. The fraction of sp³-hybridized carbons (Fsp3) is 0.688. The fourth-order valence-electron chi connectivity index (χ4n) is 3.08. The van der Waals surface area contributed by atoms with E-state index in [1.165, 1.54) is 0 Å². The van der Waals surface area contributed by atoms with Crippen LogP contribution >= 0.6 is 11.8 Å². The second-order valence-corrected chi connectivity index (χ2v) is 8.58. The molecule has 126 valence electrons. The maximum Gasteiger partial charge on any atom is 0.257 e. The van der Waals surface area contributed by atoms with Crippen molar-refractivity contribution in [2.45, 2.75) is 32.4 Å². The molecule has 1 aromatic rings. The molecule has 2 aliphatic heterocycles. The van der Waals surface area contributed by atoms with Crippen molar-refractivity contribution in [1.29, 1.82) is 0 Å². The van der Waals surface area contributed by atoms with Crippen molar-refractivity contribution in [3.05, 3.63) is 17.0 Å². The summed E-state index contributed by atoms with van der Waals surface area (Å²) in [6, 6.07) is 0. The highest BCUT2D eigenvalue weighted by Gasteiger charge is 2.33. The Morgan fingerprint density at radius 1 is 1.17 bits per heavy atom. The average molecular weight is 335 g/mol. The molecule has 0 saturated carbocycles. The summed E-state index contributed by atoms with van der Waals surface area (Å²) in [5, 5.41) is 5.49. The van der Waals surface area contributed by atoms with Gasteiger partial charge in [0.15, 0.2) is 5.17 Å². The number of carbonyl (C=O) groups excluding carboxylic acids is 1. The van der Waals surface area contributed by atoms with Crippen molar-refractivity contribution in [2.75, 3.05) is 32.7 Å². The van der Waals surface area contributed by atoms with E-state index >= 15 is 0 Å². The van der Waals surface area contributed by atoms with E-state index < -0.39 is 0 Å². The summed E-state index contributed by atoms with van der Waals surface area (Å²) in [6.45, 7) is 12.4. The van der Waals surface area contributed by atoms with Gasteiger partial charge in [-0.25, -0.2) is 0 Å². The lowest BCUT2D eigenvalue weighted by atomic mass is 10.1. The number of hydrogen-bond donors (Lipinski definition) is 0. The SMILES string of the molecule is Cc1nn(C)c(C)c1C(=O)N1CCN(C2=NCC(C)(C)S2)CC1. The highest BCUT2D eigenvalue weighted by atomic mass is 32.2. The normalized spacial score (nSPS) is 20.8. The summed E-state index contributed by atoms with van der Waals surface area (Å²) in [6.07, 6.45) is 0. The molecule has 1 aromatic heterocycles. The summed E-state index contributed by atoms with van der Waals surface area (Å²) in [4.78, 5) is 21.7. The van der Waals surface area contributed by atoms with Crippen LogP contribution in [-0.4, -0.2) is 68.1 Å². The number of aliphatic imine (C=N–C) groups is 1. The van der Waals surface area contributed by atoms with Gasteiger partial charge in [-0.2, -0.15) is 5.10 Å². The van der Waals surface area contributed by atoms with Crippen LogP contribution in [0.1, 0.15) is 35.6 Å². The Balaban J connectivity index is 1.64. The predicted molar refractivity (Wildman–Crippen MR) is 94.1 cm³/mol. The van der Waals surface area contributed by atoms with Crippen molar-refractivity contribution in [3.8, 4) is 0 Å². The number of thioether (sulfide) groups is 1. The van der Waals surface area contributed by atoms with Crippen LogP contribution in [0.5, 0.6) is 0 Å². The first-order valence-corrected chi connectivity index (χ1v) is 8.88. The topological polar surface area (TPSA) is 53.7 Å². The number of aryl methyl sites for hydroxylation is 2. The van der Waals surface area contributed by atoms with Crippen molar-refractivity contribution in [2.24, 2.45) is 12.0 Å². The third kappa shape index (κ3) is 3.11. The second-order valence-electron chi connectivity index (χ2n) is 6.91. The monoisotopic (exact) mass is 335 g/mol. The molecule has 6 nitrogen and oxygen atoms in total. The maximum absolute atomic E-state index is 12.8. The molecule has 3 heterocycles. The zero-order valence-electron chi connectivity index (χ0n) is 14.6. The summed E-state index contributed by atoms with van der Waals surface area (Å²) in [7, 11) is 1.88. The zero-order chi connectivity index (χ0) is 16.8. The standard InChI is InChI=1S/C16H25N5OS/c1-11-13(12(2)19(5)18-11)14(22)20-6-8-21(9-7-20)15-17-10-16(3,4)23-15/h6-10H2,1-5H3. The first-order chi connectivity index (χ1) is 10.8. The quantitative estimate of drug-likeness (QED) is 0.783. The van der Waals surface area contributed by atoms with Crippen LogP contribution in [0.15, 0.2) is 4.99 Å². The predicted octanol–water partition coefficient (Wildman–Crippen LogP) is 1.68. The number of piperazine rings is 1. The third-order valence-corrected chi connectivity index (χ3v) is 5.77. The number of hydrogen-bond acceptors (Lipinski definition) is 5. The molecule has 1 saturated heterocycles. The molecule has 0 radical (unpaired) electrons. The molecule has 3 rings (SSSR count). The second kappa shape index (κ2) is 5.85. The summed E-state index contributed by atoms with van der Waals surface area (Å²) in [5.74, 6) is 0.106. The first kappa shape index (κ1) is 16.4. The lowest BCUT2D eigenvalue weighted by Gasteiger charge is -2.36. The maximum atomic E-state index is 12.8. The van der Waals surface area contributed by atoms with Crippen molar-refractivity contribution < 1.29 is 4.79 Å². The van der Waals surface area contributed by atoms with E-state index in [1.807, 2.05) is 37.6 Å². The van der Waals surface area contributed by atoms with Gasteiger partial charge in [0.1, 0.15) is 0 Å². The molecule has 0 unspecified atom stereocenters. The number of amidine groups is 1. The van der Waals surface area contributed by atoms with Gasteiger partial charge in [-0.05, 0) is 27.7 Å². The van der Waals surface area contributed by atoms with Crippen molar-refractivity contribution in [1.82, 2.24) is 19.6 Å². The Hall–Kier alpha value is -1.50. The van der Waals surface area contributed by atoms with Crippen molar-refractivity contribution >= 4 is 22.8 Å². The molecule has 7 heteroatoms. The molecule has 0 spiro atoms. The molecule has 0 bridgehead atoms. The van der Waals surface area contributed by atoms with Gasteiger partial charge >= 0.3 is 0 Å². The number of carbonyl (C=O) groups is 1. The average Bonchev–Trinajstić information content (AvgIpc) is 2.98. The molecule has 0 aromatic carbocycles.